The van der Waals surface area contributed by atoms with E-state index in [0.29, 0.717) is 37.4 Å². The minimum atomic E-state index is -0.442. The zero-order chi connectivity index (χ0) is 14.8. The van der Waals surface area contributed by atoms with E-state index in [9.17, 15) is 9.90 Å². The van der Waals surface area contributed by atoms with Crippen LogP contribution in [0.2, 0.25) is 0 Å². The molecule has 2 heterocycles. The van der Waals surface area contributed by atoms with Gasteiger partial charge in [-0.15, -0.1) is 12.4 Å². The Morgan fingerprint density at radius 1 is 1.29 bits per heavy atom. The second kappa shape index (κ2) is 7.80. The molecule has 1 amide bonds. The molecule has 3 N–H and O–H groups in total. The first-order valence-electron chi connectivity index (χ1n) is 8.02. The summed E-state index contributed by atoms with van der Waals surface area (Å²) in [5, 5.41) is 16.4. The lowest BCUT2D eigenvalue weighted by atomic mass is 9.88. The molecule has 5 heteroatoms. The number of hydrogen-bond donors (Lipinski definition) is 3. The largest absolute Gasteiger partial charge is 0.391 e. The molecule has 2 aliphatic heterocycles. The third kappa shape index (κ3) is 6.54. The van der Waals surface area contributed by atoms with Gasteiger partial charge in [-0.3, -0.25) is 4.79 Å². The van der Waals surface area contributed by atoms with Gasteiger partial charge >= 0.3 is 0 Å². The molecular formula is C16H31ClN2O2. The van der Waals surface area contributed by atoms with Crippen LogP contribution in [0.3, 0.4) is 0 Å². The van der Waals surface area contributed by atoms with E-state index in [0.717, 1.165) is 12.8 Å². The molecule has 21 heavy (non-hydrogen) atoms. The Bertz CT molecular complexity index is 332. The van der Waals surface area contributed by atoms with Gasteiger partial charge in [0, 0.05) is 25.0 Å². The predicted octanol–water partition coefficient (Wildman–Crippen LogP) is 2.24. The molecular weight excluding hydrogens is 288 g/mol. The van der Waals surface area contributed by atoms with Crippen LogP contribution in [-0.4, -0.2) is 35.7 Å². The monoisotopic (exact) mass is 318 g/mol. The molecule has 2 fully saturated rings. The summed E-state index contributed by atoms with van der Waals surface area (Å²) in [6, 6.07) is 1.27. The molecule has 0 radical (unpaired) electrons. The van der Waals surface area contributed by atoms with Crippen LogP contribution in [0.15, 0.2) is 0 Å². The fraction of sp³-hybridized carbons (Fsp3) is 0.938. The third-order valence-corrected chi connectivity index (χ3v) is 4.43. The summed E-state index contributed by atoms with van der Waals surface area (Å²) >= 11 is 0. The third-order valence-electron chi connectivity index (χ3n) is 4.43. The molecule has 0 aromatic rings. The van der Waals surface area contributed by atoms with E-state index < -0.39 is 6.10 Å². The highest BCUT2D eigenvalue weighted by molar-refractivity contribution is 5.85. The molecule has 4 nitrogen and oxygen atoms in total. The topological polar surface area (TPSA) is 61.4 Å². The number of fused-ring (bicyclic) bond motifs is 2. The Labute approximate surface area is 134 Å². The van der Waals surface area contributed by atoms with E-state index in [1.165, 1.54) is 12.8 Å². The lowest BCUT2D eigenvalue weighted by molar-refractivity contribution is -0.122. The van der Waals surface area contributed by atoms with Gasteiger partial charge in [-0.2, -0.15) is 0 Å². The average molecular weight is 319 g/mol. The first kappa shape index (κ1) is 18.7. The average Bonchev–Trinajstić information content (AvgIpc) is 2.64. The van der Waals surface area contributed by atoms with Crippen molar-refractivity contribution in [3.63, 3.8) is 0 Å². The van der Waals surface area contributed by atoms with Gasteiger partial charge in [0.25, 0.3) is 0 Å². The van der Waals surface area contributed by atoms with Crippen molar-refractivity contribution in [2.75, 3.05) is 6.54 Å². The quantitative estimate of drug-likeness (QED) is 0.728. The Hall–Kier alpha value is -0.320. The number of piperidine rings is 1. The van der Waals surface area contributed by atoms with Crippen molar-refractivity contribution in [2.45, 2.75) is 77.5 Å². The fourth-order valence-corrected chi connectivity index (χ4v) is 3.69. The van der Waals surface area contributed by atoms with Crippen molar-refractivity contribution in [2.24, 2.45) is 11.3 Å². The van der Waals surface area contributed by atoms with Gasteiger partial charge in [-0.05, 0) is 43.4 Å². The summed E-state index contributed by atoms with van der Waals surface area (Å²) in [4.78, 5) is 12.0. The van der Waals surface area contributed by atoms with Crippen LogP contribution in [0.4, 0.5) is 0 Å². The summed E-state index contributed by atoms with van der Waals surface area (Å²) in [7, 11) is 0. The van der Waals surface area contributed by atoms with Crippen molar-refractivity contribution >= 4 is 18.3 Å². The molecule has 0 saturated carbocycles. The number of carbonyl (C=O) groups is 1. The maximum absolute atomic E-state index is 12.0. The first-order chi connectivity index (χ1) is 9.32. The van der Waals surface area contributed by atoms with Gasteiger partial charge < -0.3 is 15.7 Å². The van der Waals surface area contributed by atoms with Crippen LogP contribution < -0.4 is 10.6 Å². The van der Waals surface area contributed by atoms with Crippen molar-refractivity contribution < 1.29 is 9.90 Å². The van der Waals surface area contributed by atoms with Crippen molar-refractivity contribution in [3.05, 3.63) is 0 Å². The molecule has 2 saturated heterocycles. The summed E-state index contributed by atoms with van der Waals surface area (Å²) in [5.74, 6) is 0.623. The van der Waals surface area contributed by atoms with E-state index in [1.807, 2.05) is 0 Å². The number of amides is 1. The maximum atomic E-state index is 12.0. The second-order valence-electron chi connectivity index (χ2n) is 7.90. The fourth-order valence-electron chi connectivity index (χ4n) is 3.69. The van der Waals surface area contributed by atoms with Crippen LogP contribution in [0.25, 0.3) is 0 Å². The smallest absolute Gasteiger partial charge is 0.220 e. The Morgan fingerprint density at radius 3 is 2.38 bits per heavy atom. The molecule has 2 rings (SSSR count). The standard InChI is InChI=1S/C16H30N2O2.ClH/c1-16(2,3)9-14(19)10-17-15(20)8-11-6-12-4-5-13(7-11)18-12;/h11-14,18-19H,4-10H2,1-3H3,(H,17,20);1H. The van der Waals surface area contributed by atoms with E-state index in [2.05, 4.69) is 31.4 Å². The number of aliphatic hydroxyl groups excluding tert-OH is 1. The number of halogens is 1. The Balaban J connectivity index is 0.00000220. The highest BCUT2D eigenvalue weighted by Gasteiger charge is 2.34. The first-order valence-corrected chi connectivity index (χ1v) is 8.02. The maximum Gasteiger partial charge on any atom is 0.220 e. The van der Waals surface area contributed by atoms with Gasteiger partial charge in [0.15, 0.2) is 0 Å². The van der Waals surface area contributed by atoms with E-state index in [4.69, 9.17) is 0 Å². The molecule has 0 aliphatic carbocycles. The van der Waals surface area contributed by atoms with Crippen LogP contribution in [0.5, 0.6) is 0 Å². The van der Waals surface area contributed by atoms with E-state index in [-0.39, 0.29) is 23.7 Å². The molecule has 3 unspecified atom stereocenters. The number of aliphatic hydroxyl groups is 1. The second-order valence-corrected chi connectivity index (χ2v) is 7.90. The number of rotatable bonds is 5. The summed E-state index contributed by atoms with van der Waals surface area (Å²) in [6.07, 6.45) is 5.70. The van der Waals surface area contributed by atoms with Gasteiger partial charge in [0.1, 0.15) is 0 Å². The molecule has 124 valence electrons. The number of hydrogen-bond acceptors (Lipinski definition) is 3. The van der Waals surface area contributed by atoms with E-state index in [1.54, 1.807) is 0 Å². The molecule has 0 aromatic carbocycles. The number of carbonyl (C=O) groups excluding carboxylic acids is 1. The van der Waals surface area contributed by atoms with Gasteiger partial charge in [0.05, 0.1) is 6.10 Å². The molecule has 0 spiro atoms. The predicted molar refractivity (Wildman–Crippen MR) is 87.6 cm³/mol. The zero-order valence-electron chi connectivity index (χ0n) is 13.5. The van der Waals surface area contributed by atoms with Crippen LogP contribution >= 0.6 is 12.4 Å². The van der Waals surface area contributed by atoms with Gasteiger partial charge in [0.2, 0.25) is 5.91 Å². The Kier molecular flexibility index (Phi) is 6.95. The lowest BCUT2D eigenvalue weighted by Crippen LogP contribution is -2.40. The summed E-state index contributed by atoms with van der Waals surface area (Å²) < 4.78 is 0. The van der Waals surface area contributed by atoms with Gasteiger partial charge in [-0.1, -0.05) is 20.8 Å². The Morgan fingerprint density at radius 2 is 1.86 bits per heavy atom. The van der Waals surface area contributed by atoms with Crippen molar-refractivity contribution in [1.82, 2.24) is 10.6 Å². The van der Waals surface area contributed by atoms with E-state index >= 15 is 0 Å². The normalized spacial score (nSPS) is 29.6. The van der Waals surface area contributed by atoms with Crippen molar-refractivity contribution in [1.29, 1.82) is 0 Å². The molecule has 2 aliphatic rings. The SMILES string of the molecule is CC(C)(C)CC(O)CNC(=O)CC1CC2CCC(C1)N2.Cl. The number of nitrogens with one attached hydrogen (secondary N) is 2. The van der Waals surface area contributed by atoms with Crippen LogP contribution in [0, 0.1) is 11.3 Å². The zero-order valence-corrected chi connectivity index (χ0v) is 14.3. The molecule has 3 atom stereocenters. The summed E-state index contributed by atoms with van der Waals surface area (Å²) in [5.41, 5.74) is 0.0956. The molecule has 2 bridgehead atoms. The van der Waals surface area contributed by atoms with Crippen LogP contribution in [-0.2, 0) is 4.79 Å². The van der Waals surface area contributed by atoms with Crippen LogP contribution in [0.1, 0.15) is 59.3 Å². The van der Waals surface area contributed by atoms with Gasteiger partial charge in [-0.25, -0.2) is 0 Å². The minimum Gasteiger partial charge on any atom is -0.391 e. The lowest BCUT2D eigenvalue weighted by Gasteiger charge is -2.29. The molecule has 0 aromatic heterocycles. The minimum absolute atomic E-state index is 0. The summed E-state index contributed by atoms with van der Waals surface area (Å²) in [6.45, 7) is 6.68. The van der Waals surface area contributed by atoms with Crippen molar-refractivity contribution in [3.8, 4) is 0 Å². The highest BCUT2D eigenvalue weighted by atomic mass is 35.5. The highest BCUT2D eigenvalue weighted by Crippen LogP contribution is 2.32.